The first-order valence-electron chi connectivity index (χ1n) is 13.7. The average molecular weight is 547 g/mol. The number of para-hydroxylation sites is 2. The van der Waals surface area contributed by atoms with Crippen molar-refractivity contribution < 1.29 is 4.74 Å². The van der Waals surface area contributed by atoms with Crippen LogP contribution in [0.4, 0.5) is 17.1 Å². The molecule has 2 aromatic heterocycles. The monoisotopic (exact) mass is 546 g/mol. The van der Waals surface area contributed by atoms with E-state index in [0.717, 1.165) is 44.9 Å². The van der Waals surface area contributed by atoms with Crippen molar-refractivity contribution in [3.8, 4) is 11.4 Å². The highest BCUT2D eigenvalue weighted by Crippen LogP contribution is 2.46. The Kier molecular flexibility index (Phi) is 5.54. The van der Waals surface area contributed by atoms with E-state index in [1.54, 1.807) is 7.11 Å². The molecule has 6 aromatic carbocycles. The van der Waals surface area contributed by atoms with E-state index in [9.17, 15) is 0 Å². The molecule has 41 heavy (non-hydrogen) atoms. The van der Waals surface area contributed by atoms with Crippen LogP contribution in [0.15, 0.2) is 140 Å². The molecular formula is C37H26N2OS. The van der Waals surface area contributed by atoms with Crippen LogP contribution in [0.25, 0.3) is 47.7 Å². The lowest BCUT2D eigenvalue weighted by molar-refractivity contribution is 0.415. The number of fused-ring (bicyclic) bond motifs is 6. The molecule has 196 valence electrons. The molecule has 0 saturated heterocycles. The first-order valence-corrected chi connectivity index (χ1v) is 14.5. The topological polar surface area (TPSA) is 17.4 Å². The molecule has 0 bridgehead atoms. The second-order valence-electron chi connectivity index (χ2n) is 10.2. The van der Waals surface area contributed by atoms with Crippen LogP contribution >= 0.6 is 11.3 Å². The van der Waals surface area contributed by atoms with E-state index in [1.165, 1.54) is 25.6 Å². The second-order valence-corrected chi connectivity index (χ2v) is 11.3. The third-order valence-electron chi connectivity index (χ3n) is 7.86. The zero-order chi connectivity index (χ0) is 27.3. The maximum atomic E-state index is 5.71. The maximum absolute atomic E-state index is 5.71. The normalized spacial score (nSPS) is 11.5. The van der Waals surface area contributed by atoms with E-state index in [1.807, 2.05) is 17.4 Å². The Bertz CT molecular complexity index is 2200. The summed E-state index contributed by atoms with van der Waals surface area (Å²) in [5, 5.41) is 4.92. The summed E-state index contributed by atoms with van der Waals surface area (Å²) in [4.78, 5) is 2.39. The van der Waals surface area contributed by atoms with Crippen molar-refractivity contribution in [1.29, 1.82) is 0 Å². The number of hydrogen-bond donors (Lipinski definition) is 0. The van der Waals surface area contributed by atoms with Crippen LogP contribution in [-0.4, -0.2) is 11.7 Å². The number of aromatic nitrogens is 1. The Morgan fingerprint density at radius 1 is 0.561 bits per heavy atom. The fraction of sp³-hybridized carbons (Fsp3) is 0.0270. The van der Waals surface area contributed by atoms with E-state index in [4.69, 9.17) is 4.74 Å². The van der Waals surface area contributed by atoms with Crippen molar-refractivity contribution in [2.45, 2.75) is 0 Å². The molecule has 0 radical (unpaired) electrons. The van der Waals surface area contributed by atoms with Crippen molar-refractivity contribution in [3.63, 3.8) is 0 Å². The van der Waals surface area contributed by atoms with Crippen LogP contribution in [0.3, 0.4) is 0 Å². The Hall–Kier alpha value is -5.06. The van der Waals surface area contributed by atoms with Gasteiger partial charge in [0.1, 0.15) is 5.75 Å². The van der Waals surface area contributed by atoms with Gasteiger partial charge in [0.05, 0.1) is 23.8 Å². The lowest BCUT2D eigenvalue weighted by Crippen LogP contribution is -2.10. The summed E-state index contributed by atoms with van der Waals surface area (Å²) in [6.07, 6.45) is 0. The molecule has 2 heterocycles. The molecule has 0 atom stereocenters. The largest absolute Gasteiger partial charge is 0.497 e. The highest BCUT2D eigenvalue weighted by atomic mass is 32.1. The smallest absolute Gasteiger partial charge is 0.119 e. The van der Waals surface area contributed by atoms with Crippen molar-refractivity contribution in [1.82, 2.24) is 4.57 Å². The quantitative estimate of drug-likeness (QED) is 0.214. The van der Waals surface area contributed by atoms with Gasteiger partial charge in [-0.05, 0) is 78.9 Å². The zero-order valence-corrected chi connectivity index (χ0v) is 23.3. The molecule has 0 aliphatic carbocycles. The van der Waals surface area contributed by atoms with Crippen LogP contribution in [0.2, 0.25) is 0 Å². The molecule has 0 amide bonds. The van der Waals surface area contributed by atoms with Crippen LogP contribution in [0.1, 0.15) is 0 Å². The Balaban J connectivity index is 1.47. The van der Waals surface area contributed by atoms with Gasteiger partial charge in [0.15, 0.2) is 0 Å². The summed E-state index contributed by atoms with van der Waals surface area (Å²) >= 11 is 1.85. The third-order valence-corrected chi connectivity index (χ3v) is 9.02. The maximum Gasteiger partial charge on any atom is 0.119 e. The van der Waals surface area contributed by atoms with Gasteiger partial charge in [-0.2, -0.15) is 0 Å². The highest BCUT2D eigenvalue weighted by Gasteiger charge is 2.22. The predicted octanol–water partition coefficient (Wildman–Crippen LogP) is 10.6. The summed E-state index contributed by atoms with van der Waals surface area (Å²) in [7, 11) is 1.73. The molecule has 0 fully saturated rings. The van der Waals surface area contributed by atoms with Gasteiger partial charge in [0.2, 0.25) is 0 Å². The summed E-state index contributed by atoms with van der Waals surface area (Å²) < 4.78 is 10.7. The first-order chi connectivity index (χ1) is 20.3. The van der Waals surface area contributed by atoms with Crippen molar-refractivity contribution in [2.24, 2.45) is 0 Å². The minimum absolute atomic E-state index is 0.844. The van der Waals surface area contributed by atoms with E-state index in [0.29, 0.717) is 0 Å². The predicted molar refractivity (Wildman–Crippen MR) is 175 cm³/mol. The zero-order valence-electron chi connectivity index (χ0n) is 22.5. The van der Waals surface area contributed by atoms with Crippen LogP contribution in [0.5, 0.6) is 5.75 Å². The third kappa shape index (κ3) is 3.80. The standard InChI is InChI=1S/C37H26N2OS/c1-40-28-20-21-32-31(24-28)37-33(16-10-17-34(37)39(32)26-13-6-3-7-14-26)38(25-11-4-2-5-12-25)27-19-22-36-30(23-27)29-15-8-9-18-35(29)41-36/h2-24H,1H3. The van der Waals surface area contributed by atoms with Crippen LogP contribution in [0, 0.1) is 0 Å². The number of hydrogen-bond acceptors (Lipinski definition) is 3. The van der Waals surface area contributed by atoms with Gasteiger partial charge in [-0.25, -0.2) is 0 Å². The van der Waals surface area contributed by atoms with E-state index in [-0.39, 0.29) is 0 Å². The van der Waals surface area contributed by atoms with Gasteiger partial charge in [0, 0.05) is 48.0 Å². The molecule has 0 saturated carbocycles. The molecule has 0 aliphatic rings. The average Bonchev–Trinajstić information content (AvgIpc) is 3.57. The highest BCUT2D eigenvalue weighted by molar-refractivity contribution is 7.25. The van der Waals surface area contributed by atoms with Gasteiger partial charge in [0.25, 0.3) is 0 Å². The number of methoxy groups -OCH3 is 1. The van der Waals surface area contributed by atoms with Crippen LogP contribution in [-0.2, 0) is 0 Å². The number of benzene rings is 6. The summed E-state index contributed by atoms with van der Waals surface area (Å²) in [5.74, 6) is 0.844. The van der Waals surface area contributed by atoms with Gasteiger partial charge < -0.3 is 14.2 Å². The number of rotatable bonds is 5. The number of ether oxygens (including phenoxy) is 1. The van der Waals surface area contributed by atoms with Gasteiger partial charge in [-0.1, -0.05) is 60.7 Å². The minimum Gasteiger partial charge on any atom is -0.497 e. The van der Waals surface area contributed by atoms with Gasteiger partial charge in [-0.15, -0.1) is 11.3 Å². The molecule has 0 N–H and O–H groups in total. The number of nitrogens with zero attached hydrogens (tertiary/aromatic N) is 2. The molecule has 8 rings (SSSR count). The Morgan fingerprint density at radius 3 is 2.15 bits per heavy atom. The lowest BCUT2D eigenvalue weighted by atomic mass is 10.1. The summed E-state index contributed by atoms with van der Waals surface area (Å²) in [5.41, 5.74) is 6.80. The van der Waals surface area contributed by atoms with Crippen LogP contribution < -0.4 is 9.64 Å². The lowest BCUT2D eigenvalue weighted by Gasteiger charge is -2.26. The van der Waals surface area contributed by atoms with Gasteiger partial charge >= 0.3 is 0 Å². The Labute approximate surface area is 242 Å². The SMILES string of the molecule is COc1ccc2c(c1)c1c(N(c3ccccc3)c3ccc4sc5ccccc5c4c3)cccc1n2-c1ccccc1. The number of anilines is 3. The van der Waals surface area contributed by atoms with E-state index in [2.05, 4.69) is 143 Å². The van der Waals surface area contributed by atoms with Crippen molar-refractivity contribution in [2.75, 3.05) is 12.0 Å². The molecule has 3 nitrogen and oxygen atoms in total. The van der Waals surface area contributed by atoms with E-state index < -0.39 is 0 Å². The molecular weight excluding hydrogens is 520 g/mol. The summed E-state index contributed by atoms with van der Waals surface area (Å²) in [6.45, 7) is 0. The summed E-state index contributed by atoms with van der Waals surface area (Å²) in [6, 6.07) is 49.8. The Morgan fingerprint density at radius 2 is 1.32 bits per heavy atom. The number of thiophene rings is 1. The second kappa shape index (κ2) is 9.54. The van der Waals surface area contributed by atoms with Crippen molar-refractivity contribution in [3.05, 3.63) is 140 Å². The molecule has 0 aliphatic heterocycles. The molecule has 0 unspecified atom stereocenters. The molecule has 0 spiro atoms. The van der Waals surface area contributed by atoms with E-state index >= 15 is 0 Å². The fourth-order valence-electron chi connectivity index (χ4n) is 6.06. The minimum atomic E-state index is 0.844. The molecule has 4 heteroatoms. The van der Waals surface area contributed by atoms with Gasteiger partial charge in [-0.3, -0.25) is 0 Å². The molecule has 8 aromatic rings. The first kappa shape index (κ1) is 23.8. The fourth-order valence-corrected chi connectivity index (χ4v) is 7.14. The van der Waals surface area contributed by atoms with Crippen molar-refractivity contribution >= 4 is 70.4 Å².